The number of imide groups is 1. The van der Waals surface area contributed by atoms with E-state index in [1.165, 1.54) is 6.92 Å². The Labute approximate surface area is 133 Å². The molecule has 1 N–H and O–H groups in total. The molecule has 0 radical (unpaired) electrons. The van der Waals surface area contributed by atoms with E-state index in [1.807, 2.05) is 42.5 Å². The average molecular weight is 312 g/mol. The first-order valence-electron chi connectivity index (χ1n) is 7.27. The second-order valence-electron chi connectivity index (χ2n) is 5.41. The van der Waals surface area contributed by atoms with Gasteiger partial charge in [-0.2, -0.15) is 0 Å². The zero-order chi connectivity index (χ0) is 16.4. The number of benzene rings is 2. The second-order valence-corrected chi connectivity index (χ2v) is 5.41. The van der Waals surface area contributed by atoms with E-state index in [1.54, 1.807) is 0 Å². The van der Waals surface area contributed by atoms with E-state index in [-0.39, 0.29) is 19.1 Å². The van der Waals surface area contributed by atoms with Crippen molar-refractivity contribution in [3.05, 3.63) is 48.0 Å². The van der Waals surface area contributed by atoms with Crippen molar-refractivity contribution in [2.75, 3.05) is 6.61 Å². The number of nitrogens with zero attached hydrogens (tertiary/aromatic N) is 1. The summed E-state index contributed by atoms with van der Waals surface area (Å²) in [6.07, 6.45) is 0. The van der Waals surface area contributed by atoms with Crippen LogP contribution in [0.5, 0.6) is 0 Å². The van der Waals surface area contributed by atoms with Gasteiger partial charge in [-0.3, -0.25) is 14.5 Å². The number of hydrogen-bond acceptors (Lipinski definition) is 4. The van der Waals surface area contributed by atoms with Crippen LogP contribution >= 0.6 is 0 Å². The fraction of sp³-hybridized carbons (Fsp3) is 0.235. The van der Waals surface area contributed by atoms with Crippen LogP contribution in [-0.4, -0.2) is 35.5 Å². The summed E-state index contributed by atoms with van der Waals surface area (Å²) in [6, 6.07) is 12.4. The van der Waals surface area contributed by atoms with Gasteiger partial charge in [-0.15, -0.1) is 0 Å². The predicted octanol–water partition coefficient (Wildman–Crippen LogP) is 1.82. The summed E-state index contributed by atoms with van der Waals surface area (Å²) < 4.78 is 4.80. The number of carbonyl (C=O) groups is 3. The van der Waals surface area contributed by atoms with E-state index in [4.69, 9.17) is 4.74 Å². The van der Waals surface area contributed by atoms with Crippen LogP contribution in [0.4, 0.5) is 4.79 Å². The fourth-order valence-electron chi connectivity index (χ4n) is 2.56. The number of urea groups is 1. The molecule has 1 heterocycles. The first kappa shape index (κ1) is 15.0. The van der Waals surface area contributed by atoms with Crippen molar-refractivity contribution >= 4 is 28.7 Å². The Balaban J connectivity index is 1.74. The van der Waals surface area contributed by atoms with Gasteiger partial charge in [0, 0.05) is 6.92 Å². The lowest BCUT2D eigenvalue weighted by molar-refractivity contribution is -0.142. The molecule has 0 spiro atoms. The maximum Gasteiger partial charge on any atom is 0.325 e. The Kier molecular flexibility index (Phi) is 3.97. The minimum Gasteiger partial charge on any atom is -0.463 e. The molecule has 0 aliphatic carbocycles. The van der Waals surface area contributed by atoms with Gasteiger partial charge in [-0.05, 0) is 22.4 Å². The molecule has 2 aromatic carbocycles. The highest BCUT2D eigenvalue weighted by atomic mass is 16.5. The highest BCUT2D eigenvalue weighted by Gasteiger charge is 2.38. The van der Waals surface area contributed by atoms with E-state index < -0.39 is 18.0 Å². The molecule has 3 amide bonds. The summed E-state index contributed by atoms with van der Waals surface area (Å²) in [7, 11) is 0. The van der Waals surface area contributed by atoms with Gasteiger partial charge >= 0.3 is 12.0 Å². The molecule has 1 fully saturated rings. The van der Waals surface area contributed by atoms with E-state index in [2.05, 4.69) is 5.32 Å². The Morgan fingerprint density at radius 2 is 1.91 bits per heavy atom. The number of ether oxygens (including phenoxy) is 1. The van der Waals surface area contributed by atoms with E-state index in [0.717, 1.165) is 21.2 Å². The third-order valence-corrected chi connectivity index (χ3v) is 3.71. The lowest BCUT2D eigenvalue weighted by Crippen LogP contribution is -2.34. The van der Waals surface area contributed by atoms with Crippen molar-refractivity contribution < 1.29 is 19.1 Å². The van der Waals surface area contributed by atoms with Crippen LogP contribution in [0.1, 0.15) is 12.5 Å². The summed E-state index contributed by atoms with van der Waals surface area (Å²) in [5.41, 5.74) is 0.861. The molecule has 118 valence electrons. The number of fused-ring (bicyclic) bond motifs is 1. The molecule has 0 saturated carbocycles. The number of esters is 1. The van der Waals surface area contributed by atoms with Gasteiger partial charge < -0.3 is 10.1 Å². The summed E-state index contributed by atoms with van der Waals surface area (Å²) in [4.78, 5) is 36.2. The molecular weight excluding hydrogens is 296 g/mol. The maximum absolute atomic E-state index is 12.2. The quantitative estimate of drug-likeness (QED) is 0.690. The summed E-state index contributed by atoms with van der Waals surface area (Å²) in [6.45, 7) is 1.30. The maximum atomic E-state index is 12.2. The lowest BCUT2D eigenvalue weighted by Gasteiger charge is -2.13. The predicted molar refractivity (Wildman–Crippen MR) is 83.5 cm³/mol. The van der Waals surface area contributed by atoms with Gasteiger partial charge in [0.15, 0.2) is 0 Å². The zero-order valence-corrected chi connectivity index (χ0v) is 12.6. The molecule has 1 saturated heterocycles. The first-order chi connectivity index (χ1) is 11.0. The summed E-state index contributed by atoms with van der Waals surface area (Å²) in [5.74, 6) is -0.871. The van der Waals surface area contributed by atoms with Crippen LogP contribution in [-0.2, 0) is 20.9 Å². The van der Waals surface area contributed by atoms with Crippen molar-refractivity contribution in [2.24, 2.45) is 0 Å². The van der Waals surface area contributed by atoms with Crippen LogP contribution in [0.25, 0.3) is 10.8 Å². The minimum atomic E-state index is -0.813. The average Bonchev–Trinajstić information content (AvgIpc) is 2.80. The molecule has 6 heteroatoms. The molecule has 6 nitrogen and oxygen atoms in total. The fourth-order valence-corrected chi connectivity index (χ4v) is 2.56. The zero-order valence-electron chi connectivity index (χ0n) is 12.6. The molecule has 23 heavy (non-hydrogen) atoms. The van der Waals surface area contributed by atoms with Gasteiger partial charge in [0.05, 0.1) is 6.54 Å². The van der Waals surface area contributed by atoms with Crippen molar-refractivity contribution in [3.8, 4) is 0 Å². The van der Waals surface area contributed by atoms with Gasteiger partial charge in [-0.25, -0.2) is 4.79 Å². The third-order valence-electron chi connectivity index (χ3n) is 3.71. The smallest absolute Gasteiger partial charge is 0.325 e. The molecule has 0 aromatic heterocycles. The van der Waals surface area contributed by atoms with Gasteiger partial charge in [-0.1, -0.05) is 36.4 Å². The molecule has 3 rings (SSSR count). The van der Waals surface area contributed by atoms with Crippen LogP contribution < -0.4 is 5.32 Å². The van der Waals surface area contributed by atoms with Gasteiger partial charge in [0.25, 0.3) is 5.91 Å². The number of nitrogens with one attached hydrogen (secondary N) is 1. The van der Waals surface area contributed by atoms with E-state index in [9.17, 15) is 14.4 Å². The van der Waals surface area contributed by atoms with Gasteiger partial charge in [0.1, 0.15) is 12.6 Å². The molecule has 1 aliphatic rings. The van der Waals surface area contributed by atoms with Crippen LogP contribution in [0, 0.1) is 0 Å². The van der Waals surface area contributed by atoms with Crippen LogP contribution in [0.2, 0.25) is 0 Å². The number of rotatable bonds is 4. The third kappa shape index (κ3) is 3.15. The van der Waals surface area contributed by atoms with Crippen molar-refractivity contribution in [1.29, 1.82) is 0 Å². The molecule has 2 aromatic rings. The first-order valence-corrected chi connectivity index (χ1v) is 7.27. The Morgan fingerprint density at radius 1 is 1.17 bits per heavy atom. The number of amides is 3. The minimum absolute atomic E-state index is 0.145. The van der Waals surface area contributed by atoms with Crippen LogP contribution in [0.3, 0.4) is 0 Å². The van der Waals surface area contributed by atoms with Crippen molar-refractivity contribution in [3.63, 3.8) is 0 Å². The lowest BCUT2D eigenvalue weighted by atomic mass is 10.1. The monoisotopic (exact) mass is 312 g/mol. The second kappa shape index (κ2) is 6.08. The van der Waals surface area contributed by atoms with Crippen molar-refractivity contribution in [2.45, 2.75) is 19.5 Å². The van der Waals surface area contributed by atoms with Crippen LogP contribution in [0.15, 0.2) is 42.5 Å². The number of hydrogen-bond donors (Lipinski definition) is 1. The molecule has 0 bridgehead atoms. The van der Waals surface area contributed by atoms with E-state index >= 15 is 0 Å². The highest BCUT2D eigenvalue weighted by molar-refractivity contribution is 6.04. The molecule has 1 aliphatic heterocycles. The highest BCUT2D eigenvalue weighted by Crippen LogP contribution is 2.18. The molecule has 1 atom stereocenters. The SMILES string of the molecule is CC(=O)OCC1NC(=O)N(Cc2ccc3ccccc3c2)C1=O. The Bertz CT molecular complexity index is 787. The Morgan fingerprint density at radius 3 is 2.65 bits per heavy atom. The summed E-state index contributed by atoms with van der Waals surface area (Å²) >= 11 is 0. The van der Waals surface area contributed by atoms with Gasteiger partial charge in [0.2, 0.25) is 0 Å². The Hall–Kier alpha value is -2.89. The molecular formula is C17H16N2O4. The number of carbonyl (C=O) groups excluding carboxylic acids is 3. The largest absolute Gasteiger partial charge is 0.463 e. The van der Waals surface area contributed by atoms with Crippen molar-refractivity contribution in [1.82, 2.24) is 10.2 Å². The van der Waals surface area contributed by atoms with E-state index in [0.29, 0.717) is 0 Å². The topological polar surface area (TPSA) is 75.7 Å². The molecule has 1 unspecified atom stereocenters. The standard InChI is InChI=1S/C17H16N2O4/c1-11(20)23-10-15-16(21)19(17(22)18-15)9-12-6-7-13-4-2-3-5-14(13)8-12/h2-8,15H,9-10H2,1H3,(H,18,22). The summed E-state index contributed by atoms with van der Waals surface area (Å²) in [5, 5.41) is 4.67. The normalized spacial score (nSPS) is 17.4.